The van der Waals surface area contributed by atoms with E-state index in [2.05, 4.69) is 5.32 Å². The van der Waals surface area contributed by atoms with Crippen LogP contribution in [-0.2, 0) is 0 Å². The Morgan fingerprint density at radius 1 is 1.33 bits per heavy atom. The van der Waals surface area contributed by atoms with Crippen LogP contribution in [0.15, 0.2) is 18.2 Å². The lowest BCUT2D eigenvalue weighted by Gasteiger charge is -2.16. The number of amides is 2. The number of ether oxygens (including phenoxy) is 2. The number of thioether (sulfide) groups is 1. The summed E-state index contributed by atoms with van der Waals surface area (Å²) in [5.41, 5.74) is 0.703. The minimum Gasteiger partial charge on any atom is -0.493 e. The molecule has 0 spiro atoms. The van der Waals surface area contributed by atoms with Crippen LogP contribution in [0.3, 0.4) is 0 Å². The first-order valence-corrected chi connectivity index (χ1v) is 6.76. The van der Waals surface area contributed by atoms with Crippen LogP contribution in [-0.4, -0.2) is 43.3 Å². The van der Waals surface area contributed by atoms with E-state index >= 15 is 0 Å². The van der Waals surface area contributed by atoms with Gasteiger partial charge < -0.3 is 19.7 Å². The molecule has 0 unspecified atom stereocenters. The summed E-state index contributed by atoms with van der Waals surface area (Å²) in [5, 5.41) is 2.85. The number of carbonyl (C=O) groups is 1. The van der Waals surface area contributed by atoms with E-state index in [1.165, 1.54) is 0 Å². The molecule has 0 aliphatic carbocycles. The van der Waals surface area contributed by atoms with Crippen molar-refractivity contribution < 1.29 is 14.3 Å². The van der Waals surface area contributed by atoms with Gasteiger partial charge in [0.1, 0.15) is 0 Å². The number of hydrogen-bond acceptors (Lipinski definition) is 4. The minimum atomic E-state index is -0.0766. The second kappa shape index (κ2) is 5.86. The number of urea groups is 1. The first-order valence-electron chi connectivity index (χ1n) is 5.60. The van der Waals surface area contributed by atoms with Gasteiger partial charge in [0, 0.05) is 24.1 Å². The molecule has 1 aliphatic rings. The number of hydrogen-bond donors (Lipinski definition) is 1. The van der Waals surface area contributed by atoms with E-state index in [1.54, 1.807) is 49.1 Å². The van der Waals surface area contributed by atoms with E-state index in [-0.39, 0.29) is 6.03 Å². The monoisotopic (exact) mass is 268 g/mol. The molecule has 2 rings (SSSR count). The molecule has 1 fully saturated rings. The molecule has 0 radical (unpaired) electrons. The fraction of sp³-hybridized carbons (Fsp3) is 0.417. The van der Waals surface area contributed by atoms with Crippen molar-refractivity contribution >= 4 is 23.5 Å². The van der Waals surface area contributed by atoms with Gasteiger partial charge in [0.15, 0.2) is 11.5 Å². The summed E-state index contributed by atoms with van der Waals surface area (Å²) in [4.78, 5) is 13.7. The van der Waals surface area contributed by atoms with E-state index < -0.39 is 0 Å². The van der Waals surface area contributed by atoms with Gasteiger partial charge in [-0.1, -0.05) is 0 Å². The van der Waals surface area contributed by atoms with Crippen molar-refractivity contribution in [2.45, 2.75) is 0 Å². The summed E-state index contributed by atoms with van der Waals surface area (Å²) < 4.78 is 10.3. The molecule has 1 saturated heterocycles. The Kier molecular flexibility index (Phi) is 4.19. The van der Waals surface area contributed by atoms with Crippen LogP contribution in [0.4, 0.5) is 10.5 Å². The minimum absolute atomic E-state index is 0.0766. The molecule has 18 heavy (non-hydrogen) atoms. The molecule has 1 aliphatic heterocycles. The highest BCUT2D eigenvalue weighted by Crippen LogP contribution is 2.30. The van der Waals surface area contributed by atoms with Crippen molar-refractivity contribution in [3.63, 3.8) is 0 Å². The molecule has 0 bridgehead atoms. The molecule has 1 aromatic rings. The van der Waals surface area contributed by atoms with Gasteiger partial charge in [-0.15, -0.1) is 11.8 Å². The molecular weight excluding hydrogens is 252 g/mol. The van der Waals surface area contributed by atoms with Gasteiger partial charge >= 0.3 is 6.03 Å². The van der Waals surface area contributed by atoms with Crippen LogP contribution in [0, 0.1) is 0 Å². The van der Waals surface area contributed by atoms with Gasteiger partial charge in [-0.25, -0.2) is 4.79 Å². The van der Waals surface area contributed by atoms with Gasteiger partial charge in [0.25, 0.3) is 0 Å². The molecule has 2 amide bonds. The van der Waals surface area contributed by atoms with E-state index in [0.717, 1.165) is 18.2 Å². The van der Waals surface area contributed by atoms with Crippen molar-refractivity contribution in [1.82, 2.24) is 4.90 Å². The second-order valence-corrected chi connectivity index (χ2v) is 4.88. The highest BCUT2D eigenvalue weighted by molar-refractivity contribution is 7.99. The van der Waals surface area contributed by atoms with Gasteiger partial charge in [0.2, 0.25) is 0 Å². The highest BCUT2D eigenvalue weighted by atomic mass is 32.2. The Labute approximate surface area is 110 Å². The SMILES string of the molecule is COc1ccc(NC(=O)N2CCSC2)cc1OC. The average molecular weight is 268 g/mol. The van der Waals surface area contributed by atoms with Crippen LogP contribution in [0.25, 0.3) is 0 Å². The van der Waals surface area contributed by atoms with Crippen molar-refractivity contribution in [2.24, 2.45) is 0 Å². The summed E-state index contributed by atoms with van der Waals surface area (Å²) in [6, 6.07) is 5.24. The van der Waals surface area contributed by atoms with E-state index in [9.17, 15) is 4.79 Å². The summed E-state index contributed by atoms with van der Waals surface area (Å²) in [6.07, 6.45) is 0. The Balaban J connectivity index is 2.06. The molecule has 0 saturated carbocycles. The standard InChI is InChI=1S/C12H16N2O3S/c1-16-10-4-3-9(7-11(10)17-2)13-12(15)14-5-6-18-8-14/h3-4,7H,5-6,8H2,1-2H3,(H,13,15). The first kappa shape index (κ1) is 12.9. The lowest BCUT2D eigenvalue weighted by Crippen LogP contribution is -2.32. The summed E-state index contributed by atoms with van der Waals surface area (Å²) in [6.45, 7) is 0.795. The molecule has 0 aromatic heterocycles. The Hall–Kier alpha value is -1.56. The van der Waals surface area contributed by atoms with Gasteiger partial charge in [-0.05, 0) is 12.1 Å². The van der Waals surface area contributed by atoms with Crippen molar-refractivity contribution in [1.29, 1.82) is 0 Å². The van der Waals surface area contributed by atoms with Crippen LogP contribution in [0.2, 0.25) is 0 Å². The zero-order valence-electron chi connectivity index (χ0n) is 10.4. The van der Waals surface area contributed by atoms with Crippen molar-refractivity contribution in [3.8, 4) is 11.5 Å². The van der Waals surface area contributed by atoms with Crippen LogP contribution >= 0.6 is 11.8 Å². The topological polar surface area (TPSA) is 50.8 Å². The maximum atomic E-state index is 11.9. The molecule has 1 N–H and O–H groups in total. The van der Waals surface area contributed by atoms with E-state index in [1.807, 2.05) is 0 Å². The van der Waals surface area contributed by atoms with E-state index in [0.29, 0.717) is 17.2 Å². The first-order chi connectivity index (χ1) is 8.74. The molecule has 6 heteroatoms. The fourth-order valence-electron chi connectivity index (χ4n) is 1.69. The largest absolute Gasteiger partial charge is 0.493 e. The number of nitrogens with zero attached hydrogens (tertiary/aromatic N) is 1. The number of anilines is 1. The Bertz CT molecular complexity index is 433. The molecule has 1 aromatic carbocycles. The van der Waals surface area contributed by atoms with E-state index in [4.69, 9.17) is 9.47 Å². The third-order valence-electron chi connectivity index (χ3n) is 2.67. The number of benzene rings is 1. The van der Waals surface area contributed by atoms with Crippen LogP contribution < -0.4 is 14.8 Å². The Morgan fingerprint density at radius 2 is 2.11 bits per heavy atom. The zero-order chi connectivity index (χ0) is 13.0. The lowest BCUT2D eigenvalue weighted by atomic mass is 10.3. The molecule has 5 nitrogen and oxygen atoms in total. The van der Waals surface area contributed by atoms with Crippen molar-refractivity contribution in [3.05, 3.63) is 18.2 Å². The summed E-state index contributed by atoms with van der Waals surface area (Å²) in [7, 11) is 3.15. The molecular formula is C12H16N2O3S. The number of carbonyl (C=O) groups excluding carboxylic acids is 1. The van der Waals surface area contributed by atoms with Crippen LogP contribution in [0.5, 0.6) is 11.5 Å². The maximum absolute atomic E-state index is 11.9. The molecule has 98 valence electrons. The predicted molar refractivity (Wildman–Crippen MR) is 72.6 cm³/mol. The summed E-state index contributed by atoms with van der Waals surface area (Å²) in [5.74, 6) is 3.00. The van der Waals surface area contributed by atoms with Gasteiger partial charge in [0.05, 0.1) is 20.1 Å². The second-order valence-electron chi connectivity index (χ2n) is 3.80. The van der Waals surface area contributed by atoms with Gasteiger partial charge in [-0.2, -0.15) is 0 Å². The Morgan fingerprint density at radius 3 is 2.72 bits per heavy atom. The third-order valence-corrected chi connectivity index (χ3v) is 3.64. The maximum Gasteiger partial charge on any atom is 0.322 e. The molecule has 1 heterocycles. The fourth-order valence-corrected chi connectivity index (χ4v) is 2.64. The molecule has 0 atom stereocenters. The average Bonchev–Trinajstić information content (AvgIpc) is 2.92. The predicted octanol–water partition coefficient (Wildman–Crippen LogP) is 2.24. The number of methoxy groups -OCH3 is 2. The number of nitrogens with one attached hydrogen (secondary N) is 1. The van der Waals surface area contributed by atoms with Crippen LogP contribution in [0.1, 0.15) is 0 Å². The highest BCUT2D eigenvalue weighted by Gasteiger charge is 2.18. The number of rotatable bonds is 3. The third kappa shape index (κ3) is 2.81. The van der Waals surface area contributed by atoms with Crippen molar-refractivity contribution in [2.75, 3.05) is 37.7 Å². The zero-order valence-corrected chi connectivity index (χ0v) is 11.3. The van der Waals surface area contributed by atoms with Gasteiger partial charge in [-0.3, -0.25) is 0 Å². The smallest absolute Gasteiger partial charge is 0.322 e. The lowest BCUT2D eigenvalue weighted by molar-refractivity contribution is 0.225. The summed E-state index contributed by atoms with van der Waals surface area (Å²) >= 11 is 1.76. The quantitative estimate of drug-likeness (QED) is 0.913. The normalized spacial score (nSPS) is 14.4.